The molecular formula is C30H34F2N6O4S. The molecule has 1 amide bonds. The van der Waals surface area contributed by atoms with Gasteiger partial charge in [-0.1, -0.05) is 6.92 Å². The van der Waals surface area contributed by atoms with Crippen molar-refractivity contribution in [2.75, 3.05) is 12.3 Å². The first-order valence-corrected chi connectivity index (χ1v) is 15.6. The third kappa shape index (κ3) is 5.61. The molecule has 0 spiro atoms. The highest BCUT2D eigenvalue weighted by molar-refractivity contribution is 7.92. The van der Waals surface area contributed by atoms with Gasteiger partial charge >= 0.3 is 11.8 Å². The molecule has 0 aliphatic carbocycles. The lowest BCUT2D eigenvalue weighted by atomic mass is 10.1. The smallest absolute Gasteiger partial charge is 0.410 e. The second-order valence-electron chi connectivity index (χ2n) is 11.6. The van der Waals surface area contributed by atoms with Crippen molar-refractivity contribution in [3.63, 3.8) is 0 Å². The predicted octanol–water partition coefficient (Wildman–Crippen LogP) is 5.43. The summed E-state index contributed by atoms with van der Waals surface area (Å²) in [7, 11) is -3.15. The van der Waals surface area contributed by atoms with Gasteiger partial charge in [-0.15, -0.1) is 0 Å². The molecule has 1 atom stereocenters. The van der Waals surface area contributed by atoms with Crippen LogP contribution in [-0.4, -0.2) is 52.0 Å². The van der Waals surface area contributed by atoms with Gasteiger partial charge < -0.3 is 9.64 Å². The van der Waals surface area contributed by atoms with Crippen LogP contribution in [0.3, 0.4) is 0 Å². The molecule has 0 fully saturated rings. The molecular weight excluding hydrogens is 578 g/mol. The molecule has 0 saturated carbocycles. The zero-order valence-electron chi connectivity index (χ0n) is 24.9. The topological polar surface area (TPSA) is 115 Å². The number of hydrogen-bond acceptors (Lipinski definition) is 6. The number of halogens is 2. The van der Waals surface area contributed by atoms with Crippen LogP contribution in [0.5, 0.6) is 0 Å². The maximum absolute atomic E-state index is 15.3. The number of amides is 1. The van der Waals surface area contributed by atoms with E-state index >= 15 is 4.39 Å². The molecule has 2 aromatic heterocycles. The lowest BCUT2D eigenvalue weighted by molar-refractivity contribution is 0.0223. The monoisotopic (exact) mass is 612 g/mol. The van der Waals surface area contributed by atoms with Crippen LogP contribution in [0.25, 0.3) is 17.2 Å². The Hall–Kier alpha value is -4.26. The Morgan fingerprint density at radius 1 is 1.09 bits per heavy atom. The largest absolute Gasteiger partial charge is 0.444 e. The van der Waals surface area contributed by atoms with Crippen LogP contribution < -0.4 is 5.69 Å². The number of aryl methyl sites for hydroxylation is 2. The van der Waals surface area contributed by atoms with Crippen LogP contribution in [0.15, 0.2) is 52.4 Å². The summed E-state index contributed by atoms with van der Waals surface area (Å²) in [5.41, 5.74) is 1.17. The molecule has 1 unspecified atom stereocenters. The second kappa shape index (κ2) is 10.8. The molecule has 4 aromatic rings. The van der Waals surface area contributed by atoms with Gasteiger partial charge in [-0.05, 0) is 76.1 Å². The van der Waals surface area contributed by atoms with E-state index in [4.69, 9.17) is 14.6 Å². The SMILES string of the molecule is CCS(=N)(=O)c1ccc(-n2ccn(-c3c4c(nn3-c3cc(C)c(F)c(C)c3)CCN(C(=O)OC(C)(C)C)C4)c2=O)c(F)c1. The highest BCUT2D eigenvalue weighted by Gasteiger charge is 2.32. The van der Waals surface area contributed by atoms with Gasteiger partial charge in [-0.2, -0.15) is 5.10 Å². The Morgan fingerprint density at radius 3 is 2.35 bits per heavy atom. The van der Waals surface area contributed by atoms with Gasteiger partial charge in [-0.3, -0.25) is 9.13 Å². The highest BCUT2D eigenvalue weighted by Crippen LogP contribution is 2.30. The van der Waals surface area contributed by atoms with Gasteiger partial charge in [0.05, 0.1) is 38.2 Å². The molecule has 228 valence electrons. The fourth-order valence-electron chi connectivity index (χ4n) is 5.09. The van der Waals surface area contributed by atoms with E-state index in [-0.39, 0.29) is 28.7 Å². The summed E-state index contributed by atoms with van der Waals surface area (Å²) in [6, 6.07) is 6.98. The molecule has 5 rings (SSSR count). The minimum absolute atomic E-state index is 0.0276. The molecule has 43 heavy (non-hydrogen) atoms. The Bertz CT molecular complexity index is 1890. The molecule has 2 aromatic carbocycles. The number of aromatic nitrogens is 4. The average molecular weight is 613 g/mol. The Labute approximate surface area is 248 Å². The lowest BCUT2D eigenvalue weighted by Gasteiger charge is -2.29. The maximum Gasteiger partial charge on any atom is 0.410 e. The summed E-state index contributed by atoms with van der Waals surface area (Å²) in [6.45, 7) is 10.7. The zero-order chi connectivity index (χ0) is 31.4. The summed E-state index contributed by atoms with van der Waals surface area (Å²) < 4.78 is 59.8. The van der Waals surface area contributed by atoms with Crippen molar-refractivity contribution in [1.82, 2.24) is 23.8 Å². The number of carbonyl (C=O) groups is 1. The quantitative estimate of drug-likeness (QED) is 0.323. The van der Waals surface area contributed by atoms with Crippen molar-refractivity contribution in [1.29, 1.82) is 4.78 Å². The van der Waals surface area contributed by atoms with Gasteiger partial charge in [0.2, 0.25) is 0 Å². The van der Waals surface area contributed by atoms with Crippen molar-refractivity contribution < 1.29 is 22.5 Å². The number of carbonyl (C=O) groups excluding carboxylic acids is 1. The fourth-order valence-corrected chi connectivity index (χ4v) is 6.01. The number of fused-ring (bicyclic) bond motifs is 1. The van der Waals surface area contributed by atoms with E-state index in [1.165, 1.54) is 34.0 Å². The Morgan fingerprint density at radius 2 is 1.74 bits per heavy atom. The van der Waals surface area contributed by atoms with E-state index in [1.54, 1.807) is 58.4 Å². The Balaban J connectivity index is 1.67. The minimum Gasteiger partial charge on any atom is -0.444 e. The number of nitrogens with one attached hydrogen (secondary N) is 1. The summed E-state index contributed by atoms with van der Waals surface area (Å²) in [5, 5.41) is 4.79. The standard InChI is InChI=1S/C30H34F2N6O4S/c1-7-43(33,41)21-8-9-25(23(31)16-21)36-12-13-37(28(36)39)27-22-17-35(29(40)42-30(4,5)6)11-10-24(22)34-38(27)20-14-18(2)26(32)19(3)15-20/h8-9,12-16,33H,7,10-11,17H2,1-6H3. The molecule has 0 radical (unpaired) electrons. The first kappa shape index (κ1) is 30.2. The van der Waals surface area contributed by atoms with E-state index in [0.717, 1.165) is 10.6 Å². The van der Waals surface area contributed by atoms with Crippen LogP contribution in [0.4, 0.5) is 13.6 Å². The first-order valence-electron chi connectivity index (χ1n) is 13.8. The van der Waals surface area contributed by atoms with Crippen LogP contribution in [-0.2, 0) is 27.4 Å². The van der Waals surface area contributed by atoms with Crippen molar-refractivity contribution >= 4 is 15.8 Å². The second-order valence-corrected chi connectivity index (χ2v) is 14.0. The summed E-state index contributed by atoms with van der Waals surface area (Å²) >= 11 is 0. The van der Waals surface area contributed by atoms with Crippen LogP contribution in [0.1, 0.15) is 50.1 Å². The van der Waals surface area contributed by atoms with Crippen LogP contribution >= 0.6 is 0 Å². The third-order valence-electron chi connectivity index (χ3n) is 7.30. The normalized spacial score (nSPS) is 14.8. The third-order valence-corrected chi connectivity index (χ3v) is 9.12. The van der Waals surface area contributed by atoms with Crippen molar-refractivity contribution in [3.8, 4) is 17.2 Å². The van der Waals surface area contributed by atoms with E-state index in [1.807, 2.05) is 0 Å². The lowest BCUT2D eigenvalue weighted by Crippen LogP contribution is -2.40. The molecule has 13 heteroatoms. The van der Waals surface area contributed by atoms with Crippen molar-refractivity contribution in [2.45, 2.75) is 65.0 Å². The summed E-state index contributed by atoms with van der Waals surface area (Å²) in [5.74, 6) is -0.795. The van der Waals surface area contributed by atoms with E-state index in [9.17, 15) is 18.2 Å². The van der Waals surface area contributed by atoms with Crippen LogP contribution in [0, 0.1) is 30.3 Å². The number of nitrogens with zero attached hydrogens (tertiary/aromatic N) is 5. The molecule has 1 aliphatic rings. The fraction of sp³-hybridized carbons (Fsp3) is 0.367. The van der Waals surface area contributed by atoms with Gasteiger partial charge in [-0.25, -0.2) is 32.0 Å². The van der Waals surface area contributed by atoms with Crippen molar-refractivity contribution in [2.24, 2.45) is 0 Å². The number of imidazole rings is 1. The summed E-state index contributed by atoms with van der Waals surface area (Å²) in [4.78, 5) is 28.4. The minimum atomic E-state index is -3.15. The molecule has 0 bridgehead atoms. The molecule has 1 N–H and O–H groups in total. The molecule has 10 nitrogen and oxygen atoms in total. The molecule has 3 heterocycles. The average Bonchev–Trinajstić information content (AvgIpc) is 3.49. The van der Waals surface area contributed by atoms with Gasteiger partial charge in [0.25, 0.3) is 0 Å². The van der Waals surface area contributed by atoms with Crippen LogP contribution in [0.2, 0.25) is 0 Å². The van der Waals surface area contributed by atoms with Gasteiger partial charge in [0.1, 0.15) is 23.1 Å². The number of benzene rings is 2. The van der Waals surface area contributed by atoms with E-state index in [0.29, 0.717) is 46.9 Å². The highest BCUT2D eigenvalue weighted by atomic mass is 32.2. The molecule has 1 aliphatic heterocycles. The van der Waals surface area contributed by atoms with Gasteiger partial charge in [0.15, 0.2) is 0 Å². The summed E-state index contributed by atoms with van der Waals surface area (Å²) in [6.07, 6.45) is 2.76. The van der Waals surface area contributed by atoms with E-state index < -0.39 is 32.9 Å². The van der Waals surface area contributed by atoms with E-state index in [2.05, 4.69) is 0 Å². The first-order chi connectivity index (χ1) is 20.1. The number of ether oxygens (including phenoxy) is 1. The Kier molecular flexibility index (Phi) is 7.57. The maximum atomic E-state index is 15.3. The number of hydrogen-bond donors (Lipinski definition) is 1. The number of rotatable bonds is 5. The van der Waals surface area contributed by atoms with Gasteiger partial charge in [0, 0.05) is 36.7 Å². The van der Waals surface area contributed by atoms with Crippen molar-refractivity contribution in [3.05, 3.63) is 87.2 Å². The molecule has 0 saturated heterocycles. The zero-order valence-corrected chi connectivity index (χ0v) is 25.7. The predicted molar refractivity (Wildman–Crippen MR) is 158 cm³/mol.